The van der Waals surface area contributed by atoms with E-state index in [1.165, 1.54) is 28.2 Å². The number of aryl methyl sites for hydroxylation is 3. The van der Waals surface area contributed by atoms with Gasteiger partial charge in [0.25, 0.3) is 0 Å². The predicted octanol–water partition coefficient (Wildman–Crippen LogP) is 6.12. The second kappa shape index (κ2) is 6.48. The van der Waals surface area contributed by atoms with Crippen molar-refractivity contribution >= 4 is 22.7 Å². The molecule has 0 fully saturated rings. The number of hydrogen-bond acceptors (Lipinski definition) is 3. The van der Waals surface area contributed by atoms with Gasteiger partial charge in [0.15, 0.2) is 0 Å². The molecule has 1 heterocycles. The average molecular weight is 353 g/mol. The lowest BCUT2D eigenvalue weighted by Gasteiger charge is -2.33. The summed E-state index contributed by atoms with van der Waals surface area (Å²) in [5, 5.41) is 9.21. The Balaban J connectivity index is 1.91. The minimum absolute atomic E-state index is 0.133. The van der Waals surface area contributed by atoms with E-state index < -0.39 is 0 Å². The molecule has 0 radical (unpaired) electrons. The summed E-state index contributed by atoms with van der Waals surface area (Å²) in [4.78, 5) is 4.80. The van der Waals surface area contributed by atoms with Gasteiger partial charge in [0, 0.05) is 11.4 Å². The highest BCUT2D eigenvalue weighted by atomic mass is 15.4. The highest BCUT2D eigenvalue weighted by molar-refractivity contribution is 5.90. The van der Waals surface area contributed by atoms with Crippen LogP contribution in [-0.4, -0.2) is 6.17 Å². The van der Waals surface area contributed by atoms with Crippen molar-refractivity contribution in [2.75, 3.05) is 9.80 Å². The van der Waals surface area contributed by atoms with Gasteiger partial charge in [-0.1, -0.05) is 30.3 Å². The number of hydrogen-bond donors (Lipinski definition) is 0. The summed E-state index contributed by atoms with van der Waals surface area (Å²) in [5.41, 5.74) is 9.17. The Morgan fingerprint density at radius 3 is 1.96 bits per heavy atom. The third-order valence-corrected chi connectivity index (χ3v) is 5.41. The van der Waals surface area contributed by atoms with Crippen LogP contribution in [0.3, 0.4) is 0 Å². The maximum absolute atomic E-state index is 9.21. The molecule has 0 aromatic heterocycles. The molecule has 1 aliphatic rings. The van der Waals surface area contributed by atoms with Gasteiger partial charge in [0.1, 0.15) is 6.17 Å². The maximum atomic E-state index is 9.21. The van der Waals surface area contributed by atoms with Gasteiger partial charge in [-0.05, 0) is 74.7 Å². The molecule has 3 aromatic carbocycles. The van der Waals surface area contributed by atoms with E-state index in [4.69, 9.17) is 0 Å². The van der Waals surface area contributed by atoms with Crippen LogP contribution in [0.15, 0.2) is 60.7 Å². The van der Waals surface area contributed by atoms with Gasteiger partial charge in [-0.25, -0.2) is 0 Å². The standard InChI is InChI=1S/C24H23N3/c1-16-8-7-9-17(2)24(16)27-19(4)26(22-10-5-6-11-23(22)27)21-13-12-20(15-25)14-18(21)3/h5-14,19H,1-4H3/t19-/m0/s1. The lowest BCUT2D eigenvalue weighted by molar-refractivity contribution is 0.756. The molecule has 1 aliphatic heterocycles. The Hall–Kier alpha value is -3.25. The Morgan fingerprint density at radius 2 is 1.37 bits per heavy atom. The molecule has 0 saturated carbocycles. The fraction of sp³-hybridized carbons (Fsp3) is 0.208. The summed E-state index contributed by atoms with van der Waals surface area (Å²) in [5.74, 6) is 0. The molecule has 4 rings (SSSR count). The summed E-state index contributed by atoms with van der Waals surface area (Å²) in [6.07, 6.45) is 0.133. The van der Waals surface area contributed by atoms with Crippen LogP contribution in [0.25, 0.3) is 0 Å². The smallest absolute Gasteiger partial charge is 0.108 e. The molecule has 0 saturated heterocycles. The van der Waals surface area contributed by atoms with Crippen molar-refractivity contribution in [1.82, 2.24) is 0 Å². The van der Waals surface area contributed by atoms with Crippen LogP contribution in [0.5, 0.6) is 0 Å². The maximum Gasteiger partial charge on any atom is 0.108 e. The van der Waals surface area contributed by atoms with E-state index >= 15 is 0 Å². The average Bonchev–Trinajstić information content (AvgIpc) is 2.94. The second-order valence-corrected chi connectivity index (χ2v) is 7.21. The number of para-hydroxylation sites is 3. The van der Waals surface area contributed by atoms with Crippen molar-refractivity contribution in [3.8, 4) is 6.07 Å². The lowest BCUT2D eigenvalue weighted by Crippen LogP contribution is -2.36. The van der Waals surface area contributed by atoms with Crippen LogP contribution in [0.1, 0.15) is 29.2 Å². The quantitative estimate of drug-likeness (QED) is 0.556. The Bertz CT molecular complexity index is 1040. The molecular formula is C24H23N3. The van der Waals surface area contributed by atoms with Crippen molar-refractivity contribution in [1.29, 1.82) is 5.26 Å². The first-order chi connectivity index (χ1) is 13.0. The van der Waals surface area contributed by atoms with Crippen LogP contribution >= 0.6 is 0 Å². The number of rotatable bonds is 2. The van der Waals surface area contributed by atoms with Gasteiger partial charge in [0.05, 0.1) is 23.0 Å². The molecule has 134 valence electrons. The van der Waals surface area contributed by atoms with E-state index in [0.717, 1.165) is 11.3 Å². The minimum atomic E-state index is 0.133. The van der Waals surface area contributed by atoms with E-state index in [9.17, 15) is 5.26 Å². The van der Waals surface area contributed by atoms with Gasteiger partial charge >= 0.3 is 0 Å². The Labute approximate surface area is 161 Å². The van der Waals surface area contributed by atoms with Crippen LogP contribution in [0.4, 0.5) is 22.7 Å². The Morgan fingerprint density at radius 1 is 0.741 bits per heavy atom. The first-order valence-electron chi connectivity index (χ1n) is 9.27. The Kier molecular flexibility index (Phi) is 4.12. The fourth-order valence-corrected chi connectivity index (χ4v) is 4.21. The molecule has 0 N–H and O–H groups in total. The SMILES string of the molecule is Cc1cc(C#N)ccc1N1c2ccccc2N(c2c(C)cccc2C)[C@H]1C. The molecule has 0 unspecified atom stereocenters. The summed E-state index contributed by atoms with van der Waals surface area (Å²) >= 11 is 0. The van der Waals surface area contributed by atoms with Gasteiger partial charge in [0.2, 0.25) is 0 Å². The summed E-state index contributed by atoms with van der Waals surface area (Å²) in [6.45, 7) is 8.66. The second-order valence-electron chi connectivity index (χ2n) is 7.21. The van der Waals surface area contributed by atoms with Crippen LogP contribution < -0.4 is 9.80 Å². The van der Waals surface area contributed by atoms with Crippen LogP contribution in [0, 0.1) is 32.1 Å². The summed E-state index contributed by atoms with van der Waals surface area (Å²) in [7, 11) is 0. The van der Waals surface area contributed by atoms with Crippen LogP contribution in [-0.2, 0) is 0 Å². The zero-order valence-electron chi connectivity index (χ0n) is 16.2. The lowest BCUT2D eigenvalue weighted by atomic mass is 10.1. The van der Waals surface area contributed by atoms with Gasteiger partial charge in [-0.15, -0.1) is 0 Å². The first-order valence-corrected chi connectivity index (χ1v) is 9.27. The zero-order valence-corrected chi connectivity index (χ0v) is 16.2. The monoisotopic (exact) mass is 353 g/mol. The summed E-state index contributed by atoms with van der Waals surface area (Å²) in [6, 6.07) is 23.2. The number of benzene rings is 3. The number of fused-ring (bicyclic) bond motifs is 1. The van der Waals surface area contributed by atoms with Crippen LogP contribution in [0.2, 0.25) is 0 Å². The minimum Gasteiger partial charge on any atom is -0.318 e. The number of nitrogens with zero attached hydrogens (tertiary/aromatic N) is 3. The van der Waals surface area contributed by atoms with Crippen molar-refractivity contribution in [3.63, 3.8) is 0 Å². The molecule has 0 amide bonds. The first kappa shape index (κ1) is 17.2. The topological polar surface area (TPSA) is 30.3 Å². The molecule has 27 heavy (non-hydrogen) atoms. The van der Waals surface area contributed by atoms with E-state index in [0.29, 0.717) is 5.56 Å². The molecule has 3 heteroatoms. The molecule has 0 bridgehead atoms. The van der Waals surface area contributed by atoms with E-state index in [-0.39, 0.29) is 6.17 Å². The van der Waals surface area contributed by atoms with Gasteiger partial charge < -0.3 is 9.80 Å². The predicted molar refractivity (Wildman–Crippen MR) is 112 cm³/mol. The van der Waals surface area contributed by atoms with Gasteiger partial charge in [-0.2, -0.15) is 5.26 Å². The third kappa shape index (κ3) is 2.65. The highest BCUT2D eigenvalue weighted by Gasteiger charge is 2.36. The molecular weight excluding hydrogens is 330 g/mol. The normalized spacial score (nSPS) is 15.6. The zero-order chi connectivity index (χ0) is 19.1. The molecule has 0 spiro atoms. The van der Waals surface area contributed by atoms with Crippen molar-refractivity contribution in [3.05, 3.63) is 82.9 Å². The summed E-state index contributed by atoms with van der Waals surface area (Å²) < 4.78 is 0. The van der Waals surface area contributed by atoms with E-state index in [1.54, 1.807) is 0 Å². The number of nitriles is 1. The third-order valence-electron chi connectivity index (χ3n) is 5.41. The van der Waals surface area contributed by atoms with Gasteiger partial charge in [-0.3, -0.25) is 0 Å². The fourth-order valence-electron chi connectivity index (χ4n) is 4.21. The largest absolute Gasteiger partial charge is 0.318 e. The highest BCUT2D eigenvalue weighted by Crippen LogP contribution is 2.49. The van der Waals surface area contributed by atoms with E-state index in [2.05, 4.69) is 92.1 Å². The molecule has 3 nitrogen and oxygen atoms in total. The molecule has 0 aliphatic carbocycles. The molecule has 1 atom stereocenters. The molecule has 3 aromatic rings. The van der Waals surface area contributed by atoms with Crippen molar-refractivity contribution in [2.45, 2.75) is 33.9 Å². The van der Waals surface area contributed by atoms with E-state index in [1.807, 2.05) is 12.1 Å². The van der Waals surface area contributed by atoms with Crippen molar-refractivity contribution in [2.24, 2.45) is 0 Å². The van der Waals surface area contributed by atoms with Crippen molar-refractivity contribution < 1.29 is 0 Å². The number of anilines is 4.